The van der Waals surface area contributed by atoms with E-state index in [1.165, 1.54) is 12.7 Å². The van der Waals surface area contributed by atoms with Gasteiger partial charge in [0.05, 0.1) is 61.5 Å². The van der Waals surface area contributed by atoms with E-state index >= 15 is 0 Å². The third kappa shape index (κ3) is 10.9. The van der Waals surface area contributed by atoms with Gasteiger partial charge in [0, 0.05) is 52.9 Å². The van der Waals surface area contributed by atoms with Gasteiger partial charge in [0.15, 0.2) is 37.2 Å². The number of carbonyl (C=O) groups is 1. The molecule has 424 valence electrons. The third-order valence-corrected chi connectivity index (χ3v) is 19.4. The number of carbonyl (C=O) groups excluding carboxylic acids is 1. The Kier molecular flexibility index (Phi) is 18.1. The second-order valence-electron chi connectivity index (χ2n) is 23.6. The van der Waals surface area contributed by atoms with Crippen LogP contribution in [0, 0.1) is 34.5 Å². The van der Waals surface area contributed by atoms with Crippen molar-refractivity contribution in [1.82, 2.24) is 0 Å². The van der Waals surface area contributed by atoms with Crippen molar-refractivity contribution in [2.45, 2.75) is 260 Å². The molecule has 20 nitrogen and oxygen atoms in total. The standard InChI is InChI=1S/C54H88O20/c1-11-31-43(57)45(59)42-30-13-12-28-18-29(14-16-53(28,6)32(30)15-17-54(31,42)7)69-39-20-34(62-8)50(25(3)66-39)73-41-21-35(63-9)49(26(4)67-41)72-38-19-33(56)48(24(2)65-38)71-40-22-36(64-10)51(27(5)68-40)74-52-47(61)46(60)44(58)37(23-55)70-52/h12,24-27,29-44,46-52,55-58,60-61H,11,13-23H2,1-10H3. The van der Waals surface area contributed by atoms with Crippen LogP contribution in [-0.2, 0) is 66.4 Å². The molecule has 29 atom stereocenters. The maximum absolute atomic E-state index is 13.6. The van der Waals surface area contributed by atoms with Crippen LogP contribution in [0.25, 0.3) is 0 Å². The number of allylic oxidation sites excluding steroid dienone is 1. The molecule has 5 saturated heterocycles. The highest BCUT2D eigenvalue weighted by molar-refractivity contribution is 5.89. The summed E-state index contributed by atoms with van der Waals surface area (Å²) in [6, 6.07) is 0. The zero-order valence-electron chi connectivity index (χ0n) is 45.0. The Bertz CT molecular complexity index is 1900. The van der Waals surface area contributed by atoms with Crippen LogP contribution in [0.2, 0.25) is 0 Å². The number of methoxy groups -OCH3 is 3. The second kappa shape index (κ2) is 23.4. The van der Waals surface area contributed by atoms with Gasteiger partial charge in [0.2, 0.25) is 0 Å². The topological polar surface area (TPSA) is 258 Å². The molecule has 29 unspecified atom stereocenters. The van der Waals surface area contributed by atoms with Crippen molar-refractivity contribution in [2.75, 3.05) is 27.9 Å². The van der Waals surface area contributed by atoms with E-state index in [0.29, 0.717) is 18.8 Å². The molecule has 74 heavy (non-hydrogen) atoms. The first-order valence-corrected chi connectivity index (χ1v) is 27.6. The van der Waals surface area contributed by atoms with Gasteiger partial charge in [-0.1, -0.05) is 32.4 Å². The van der Waals surface area contributed by atoms with Gasteiger partial charge in [-0.15, -0.1) is 0 Å². The van der Waals surface area contributed by atoms with E-state index in [-0.39, 0.29) is 65.5 Å². The van der Waals surface area contributed by atoms with E-state index in [1.807, 2.05) is 13.8 Å². The van der Waals surface area contributed by atoms with E-state index in [9.17, 15) is 35.4 Å². The Morgan fingerprint density at radius 1 is 0.635 bits per heavy atom. The molecule has 5 heterocycles. The predicted octanol–water partition coefficient (Wildman–Crippen LogP) is 2.80. The Balaban J connectivity index is 0.738. The first-order valence-electron chi connectivity index (χ1n) is 27.6. The van der Waals surface area contributed by atoms with Crippen LogP contribution in [0.15, 0.2) is 11.6 Å². The van der Waals surface area contributed by atoms with Crippen molar-refractivity contribution >= 4 is 5.78 Å². The summed E-state index contributed by atoms with van der Waals surface area (Å²) in [4.78, 5) is 13.6. The van der Waals surface area contributed by atoms with Gasteiger partial charge in [0.1, 0.15) is 54.9 Å². The minimum absolute atomic E-state index is 0.00540. The summed E-state index contributed by atoms with van der Waals surface area (Å²) in [6.07, 6.45) is -7.95. The van der Waals surface area contributed by atoms with Crippen LogP contribution in [-0.4, -0.2) is 206 Å². The lowest BCUT2D eigenvalue weighted by Gasteiger charge is -2.57. The fourth-order valence-corrected chi connectivity index (χ4v) is 15.3. The predicted molar refractivity (Wildman–Crippen MR) is 260 cm³/mol. The summed E-state index contributed by atoms with van der Waals surface area (Å²) >= 11 is 0. The fourth-order valence-electron chi connectivity index (χ4n) is 15.3. The average Bonchev–Trinajstić information content (AvgIpc) is 3.57. The molecule has 0 aromatic rings. The van der Waals surface area contributed by atoms with E-state index in [4.69, 9.17) is 61.6 Å². The van der Waals surface area contributed by atoms with E-state index in [1.54, 1.807) is 28.1 Å². The monoisotopic (exact) mass is 1060 g/mol. The molecule has 0 aromatic heterocycles. The van der Waals surface area contributed by atoms with Crippen LogP contribution in [0.3, 0.4) is 0 Å². The normalized spacial score (nSPS) is 52.9. The Labute approximate surface area is 436 Å². The van der Waals surface area contributed by atoms with Crippen molar-refractivity contribution in [3.05, 3.63) is 11.6 Å². The number of ether oxygens (including phenoxy) is 13. The summed E-state index contributed by atoms with van der Waals surface area (Å²) in [7, 11) is 4.79. The first kappa shape index (κ1) is 57.3. The molecule has 0 radical (unpaired) electrons. The summed E-state index contributed by atoms with van der Waals surface area (Å²) < 4.78 is 81.1. The molecule has 3 saturated carbocycles. The summed E-state index contributed by atoms with van der Waals surface area (Å²) in [5.74, 6) is 0.727. The second-order valence-corrected chi connectivity index (χ2v) is 23.6. The number of rotatable bonds is 15. The van der Waals surface area contributed by atoms with Gasteiger partial charge >= 0.3 is 0 Å². The number of hydrogen-bond acceptors (Lipinski definition) is 20. The molecule has 0 spiro atoms. The average molecular weight is 1060 g/mol. The molecule has 6 N–H and O–H groups in total. The van der Waals surface area contributed by atoms with Crippen molar-refractivity contribution in [3.8, 4) is 0 Å². The Morgan fingerprint density at radius 2 is 1.15 bits per heavy atom. The smallest absolute Gasteiger partial charge is 0.187 e. The van der Waals surface area contributed by atoms with Crippen LogP contribution < -0.4 is 0 Å². The van der Waals surface area contributed by atoms with Gasteiger partial charge in [-0.05, 0) is 101 Å². The van der Waals surface area contributed by atoms with Crippen molar-refractivity contribution < 1.29 is 97.0 Å². The molecule has 0 amide bonds. The molecule has 8 fully saturated rings. The number of aliphatic hydroxyl groups is 6. The zero-order valence-corrected chi connectivity index (χ0v) is 45.0. The van der Waals surface area contributed by atoms with Crippen LogP contribution in [0.1, 0.15) is 119 Å². The van der Waals surface area contributed by atoms with Gasteiger partial charge in [0.25, 0.3) is 0 Å². The maximum Gasteiger partial charge on any atom is 0.187 e. The molecule has 20 heteroatoms. The summed E-state index contributed by atoms with van der Waals surface area (Å²) in [5.41, 5.74) is 1.31. The highest BCUT2D eigenvalue weighted by atomic mass is 16.8. The lowest BCUT2D eigenvalue weighted by molar-refractivity contribution is -0.358. The van der Waals surface area contributed by atoms with Gasteiger partial charge in [-0.3, -0.25) is 4.79 Å². The Hall–Kier alpha value is -1.35. The number of ketones is 1. The number of fused-ring (bicyclic) bond motifs is 5. The van der Waals surface area contributed by atoms with E-state index < -0.39 is 130 Å². The highest BCUT2D eigenvalue weighted by Crippen LogP contribution is 2.66. The maximum atomic E-state index is 13.6. The highest BCUT2D eigenvalue weighted by Gasteiger charge is 2.64. The summed E-state index contributed by atoms with van der Waals surface area (Å²) in [5, 5.41) is 63.2. The molecule has 9 rings (SSSR count). The molecular weight excluding hydrogens is 969 g/mol. The largest absolute Gasteiger partial charge is 0.394 e. The van der Waals surface area contributed by atoms with Crippen molar-refractivity contribution in [1.29, 1.82) is 0 Å². The third-order valence-electron chi connectivity index (χ3n) is 19.4. The minimum atomic E-state index is -1.60. The van der Waals surface area contributed by atoms with Crippen LogP contribution in [0.4, 0.5) is 0 Å². The quantitative estimate of drug-likeness (QED) is 0.129. The molecule has 0 aromatic carbocycles. The minimum Gasteiger partial charge on any atom is -0.394 e. The first-order chi connectivity index (χ1) is 35.3. The SMILES string of the molecule is CCC1C(O)C(=O)C2C3CC=C4CC(OC5CC(OC)C(OC6CC(OC)C(OC7CC(O)C(OC8CC(OC)C(OC9OC(CO)C(O)C(O)C9O)C(C)O8)C(C)O7)C(C)O6)C(C)O5)CCC4(C)C3CCC12C. The van der Waals surface area contributed by atoms with Gasteiger partial charge in [-0.25, -0.2) is 0 Å². The zero-order chi connectivity index (χ0) is 53.1. The molecule has 5 aliphatic heterocycles. The number of hydrogen-bond donors (Lipinski definition) is 6. The molecule has 9 aliphatic rings. The van der Waals surface area contributed by atoms with Crippen molar-refractivity contribution in [3.63, 3.8) is 0 Å². The molecule has 0 bridgehead atoms. The lowest BCUT2D eigenvalue weighted by Crippen LogP contribution is -2.62. The number of Topliss-reactive ketones (excluding diaryl/α,β-unsaturated/α-hetero) is 1. The molecular formula is C54H88O20. The van der Waals surface area contributed by atoms with Crippen LogP contribution >= 0.6 is 0 Å². The van der Waals surface area contributed by atoms with Gasteiger partial charge < -0.3 is 92.2 Å². The van der Waals surface area contributed by atoms with Crippen LogP contribution in [0.5, 0.6) is 0 Å². The number of aliphatic hydroxyl groups excluding tert-OH is 6. The van der Waals surface area contributed by atoms with Gasteiger partial charge in [-0.2, -0.15) is 0 Å². The fraction of sp³-hybridized carbons (Fsp3) is 0.944. The Morgan fingerprint density at radius 3 is 1.68 bits per heavy atom. The van der Waals surface area contributed by atoms with E-state index in [2.05, 4.69) is 26.8 Å². The van der Waals surface area contributed by atoms with E-state index in [0.717, 1.165) is 44.9 Å². The van der Waals surface area contributed by atoms with Crippen molar-refractivity contribution in [2.24, 2.45) is 34.5 Å². The summed E-state index contributed by atoms with van der Waals surface area (Å²) in [6.45, 7) is 13.6. The molecule has 4 aliphatic carbocycles. The lowest BCUT2D eigenvalue weighted by atomic mass is 9.47.